The Hall–Kier alpha value is -0.250. The molecule has 0 amide bonds. The average molecular weight is 218 g/mol. The summed E-state index contributed by atoms with van der Waals surface area (Å²) in [7, 11) is 0. The van der Waals surface area contributed by atoms with Crippen molar-refractivity contribution in [2.24, 2.45) is 5.92 Å². The van der Waals surface area contributed by atoms with Gasteiger partial charge in [0.2, 0.25) is 0 Å². The molecule has 0 aliphatic carbocycles. The van der Waals surface area contributed by atoms with E-state index in [2.05, 4.69) is 4.98 Å². The van der Waals surface area contributed by atoms with Crippen molar-refractivity contribution in [1.82, 2.24) is 4.98 Å². The van der Waals surface area contributed by atoms with Gasteiger partial charge in [0.1, 0.15) is 5.15 Å². The number of aromatic nitrogens is 1. The third kappa shape index (κ3) is 3.98. The first-order valence-corrected chi connectivity index (χ1v) is 5.44. The van der Waals surface area contributed by atoms with Crippen LogP contribution in [0.2, 0.25) is 5.15 Å². The molecule has 1 unspecified atom stereocenters. The van der Waals surface area contributed by atoms with Gasteiger partial charge in [-0.05, 0) is 18.1 Å². The molecule has 0 bridgehead atoms. The Morgan fingerprint density at radius 1 is 1.69 bits per heavy atom. The summed E-state index contributed by atoms with van der Waals surface area (Å²) in [6.07, 6.45) is 1.69. The molecule has 0 radical (unpaired) electrons. The lowest BCUT2D eigenvalue weighted by molar-refractivity contribution is 0.250. The van der Waals surface area contributed by atoms with Crippen LogP contribution < -0.4 is 0 Å². The van der Waals surface area contributed by atoms with Crippen LogP contribution in [0.25, 0.3) is 0 Å². The van der Waals surface area contributed by atoms with Gasteiger partial charge in [0, 0.05) is 23.5 Å². The minimum Gasteiger partial charge on any atom is -0.396 e. The molecule has 0 aliphatic rings. The maximum absolute atomic E-state index is 8.82. The lowest BCUT2D eigenvalue weighted by Crippen LogP contribution is -2.02. The van der Waals surface area contributed by atoms with Gasteiger partial charge in [-0.15, -0.1) is 11.8 Å². The van der Waals surface area contributed by atoms with Gasteiger partial charge in [-0.2, -0.15) is 0 Å². The Balaban J connectivity index is 2.45. The number of aliphatic hydroxyl groups is 1. The van der Waals surface area contributed by atoms with Crippen LogP contribution in [0.4, 0.5) is 0 Å². The number of rotatable bonds is 4. The summed E-state index contributed by atoms with van der Waals surface area (Å²) >= 11 is 7.40. The lowest BCUT2D eigenvalue weighted by Gasteiger charge is -2.06. The van der Waals surface area contributed by atoms with Gasteiger partial charge >= 0.3 is 0 Å². The van der Waals surface area contributed by atoms with Crippen LogP contribution in [0, 0.1) is 5.92 Å². The smallest absolute Gasteiger partial charge is 0.130 e. The molecule has 0 aliphatic heterocycles. The van der Waals surface area contributed by atoms with Gasteiger partial charge in [-0.1, -0.05) is 18.5 Å². The van der Waals surface area contributed by atoms with Crippen molar-refractivity contribution in [3.05, 3.63) is 23.5 Å². The van der Waals surface area contributed by atoms with E-state index in [1.54, 1.807) is 18.0 Å². The summed E-state index contributed by atoms with van der Waals surface area (Å²) in [5.41, 5.74) is 0. The summed E-state index contributed by atoms with van der Waals surface area (Å²) in [5.74, 6) is 1.22. The fourth-order valence-electron chi connectivity index (χ4n) is 0.766. The monoisotopic (exact) mass is 217 g/mol. The van der Waals surface area contributed by atoms with E-state index in [4.69, 9.17) is 16.7 Å². The molecule has 0 spiro atoms. The van der Waals surface area contributed by atoms with Crippen molar-refractivity contribution in [3.63, 3.8) is 0 Å². The number of pyridine rings is 1. The summed E-state index contributed by atoms with van der Waals surface area (Å²) in [6.45, 7) is 2.24. The van der Waals surface area contributed by atoms with Gasteiger partial charge in [-0.25, -0.2) is 4.98 Å². The van der Waals surface area contributed by atoms with Crippen molar-refractivity contribution in [2.75, 3.05) is 12.4 Å². The third-order valence-corrected chi connectivity index (χ3v) is 3.07. The summed E-state index contributed by atoms with van der Waals surface area (Å²) in [5, 5.41) is 9.33. The van der Waals surface area contributed by atoms with Crippen LogP contribution in [0.1, 0.15) is 6.92 Å². The summed E-state index contributed by atoms with van der Waals surface area (Å²) in [6, 6.07) is 3.75. The van der Waals surface area contributed by atoms with E-state index in [1.165, 1.54) is 0 Å². The Morgan fingerprint density at radius 2 is 2.46 bits per heavy atom. The van der Waals surface area contributed by atoms with Crippen LogP contribution in [0.5, 0.6) is 0 Å². The van der Waals surface area contributed by atoms with E-state index in [1.807, 2.05) is 19.1 Å². The first-order valence-electron chi connectivity index (χ1n) is 4.07. The molecule has 1 N–H and O–H groups in total. The lowest BCUT2D eigenvalue weighted by atomic mass is 10.2. The zero-order valence-corrected chi connectivity index (χ0v) is 8.98. The second-order valence-corrected chi connectivity index (χ2v) is 4.39. The molecule has 4 heteroatoms. The Labute approximate surface area is 87.3 Å². The second kappa shape index (κ2) is 5.47. The predicted molar refractivity (Wildman–Crippen MR) is 56.2 cm³/mol. The molecule has 0 fully saturated rings. The first kappa shape index (κ1) is 10.8. The predicted octanol–water partition coefficient (Wildman–Crippen LogP) is 2.46. The quantitative estimate of drug-likeness (QED) is 0.621. The highest BCUT2D eigenvalue weighted by atomic mass is 35.5. The van der Waals surface area contributed by atoms with E-state index in [9.17, 15) is 0 Å². The largest absolute Gasteiger partial charge is 0.396 e. The van der Waals surface area contributed by atoms with Gasteiger partial charge < -0.3 is 5.11 Å². The highest BCUT2D eigenvalue weighted by Crippen LogP contribution is 2.21. The number of hydrogen-bond acceptors (Lipinski definition) is 3. The van der Waals surface area contributed by atoms with Gasteiger partial charge in [0.15, 0.2) is 0 Å². The normalized spacial score (nSPS) is 12.8. The number of hydrogen-bond donors (Lipinski definition) is 1. The van der Waals surface area contributed by atoms with Crippen molar-refractivity contribution in [2.45, 2.75) is 11.8 Å². The number of nitrogens with zero attached hydrogens (tertiary/aromatic N) is 1. The molecule has 1 heterocycles. The highest BCUT2D eigenvalue weighted by molar-refractivity contribution is 7.99. The van der Waals surface area contributed by atoms with Crippen molar-refractivity contribution in [1.29, 1.82) is 0 Å². The second-order valence-electron chi connectivity index (χ2n) is 2.91. The minimum atomic E-state index is 0.228. The molecule has 0 aromatic carbocycles. The minimum absolute atomic E-state index is 0.228. The van der Waals surface area contributed by atoms with E-state index in [0.29, 0.717) is 11.1 Å². The van der Waals surface area contributed by atoms with Crippen LogP contribution in [0.15, 0.2) is 23.2 Å². The molecular formula is C9H12ClNOS. The summed E-state index contributed by atoms with van der Waals surface area (Å²) in [4.78, 5) is 4.99. The topological polar surface area (TPSA) is 33.1 Å². The van der Waals surface area contributed by atoms with E-state index >= 15 is 0 Å². The van der Waals surface area contributed by atoms with Gasteiger partial charge in [-0.3, -0.25) is 0 Å². The van der Waals surface area contributed by atoms with Gasteiger partial charge in [0.05, 0.1) is 0 Å². The molecule has 1 aromatic rings. The average Bonchev–Trinajstić information content (AvgIpc) is 2.14. The molecule has 1 aromatic heterocycles. The van der Waals surface area contributed by atoms with E-state index in [0.717, 1.165) is 10.6 Å². The molecule has 1 atom stereocenters. The Bertz CT molecular complexity index is 270. The molecule has 13 heavy (non-hydrogen) atoms. The highest BCUT2D eigenvalue weighted by Gasteiger charge is 2.01. The van der Waals surface area contributed by atoms with Crippen LogP contribution >= 0.6 is 23.4 Å². The maximum atomic E-state index is 8.82. The van der Waals surface area contributed by atoms with Crippen LogP contribution in [-0.2, 0) is 0 Å². The van der Waals surface area contributed by atoms with E-state index in [-0.39, 0.29) is 6.61 Å². The van der Waals surface area contributed by atoms with Crippen molar-refractivity contribution in [3.8, 4) is 0 Å². The Kier molecular flexibility index (Phi) is 4.56. The summed E-state index contributed by atoms with van der Waals surface area (Å²) < 4.78 is 0. The van der Waals surface area contributed by atoms with Crippen molar-refractivity contribution >= 4 is 23.4 Å². The molecule has 72 valence electrons. The SMILES string of the molecule is CC(CO)CSc1ccnc(Cl)c1. The fraction of sp³-hybridized carbons (Fsp3) is 0.444. The first-order chi connectivity index (χ1) is 6.22. The number of aliphatic hydroxyl groups excluding tert-OH is 1. The maximum Gasteiger partial charge on any atom is 0.130 e. The van der Waals surface area contributed by atoms with E-state index < -0.39 is 0 Å². The van der Waals surface area contributed by atoms with Crippen molar-refractivity contribution < 1.29 is 5.11 Å². The molecule has 0 saturated heterocycles. The standard InChI is InChI=1S/C9H12ClNOS/c1-7(5-12)6-13-8-2-3-11-9(10)4-8/h2-4,7,12H,5-6H2,1H3. The zero-order chi connectivity index (χ0) is 9.68. The van der Waals surface area contributed by atoms with Crippen LogP contribution in [-0.4, -0.2) is 22.5 Å². The molecule has 2 nitrogen and oxygen atoms in total. The van der Waals surface area contributed by atoms with Crippen LogP contribution in [0.3, 0.4) is 0 Å². The number of halogens is 1. The zero-order valence-electron chi connectivity index (χ0n) is 7.40. The molecule has 0 saturated carbocycles. The molecule has 1 rings (SSSR count). The number of thioether (sulfide) groups is 1. The molecular weight excluding hydrogens is 206 g/mol. The Morgan fingerprint density at radius 3 is 3.08 bits per heavy atom. The third-order valence-electron chi connectivity index (χ3n) is 1.54. The van der Waals surface area contributed by atoms with Gasteiger partial charge in [0.25, 0.3) is 0 Å². The fourth-order valence-corrected chi connectivity index (χ4v) is 1.94.